The summed E-state index contributed by atoms with van der Waals surface area (Å²) in [6, 6.07) is 65.6. The normalized spacial score (nSPS) is 13.0. The molecule has 0 unspecified atom stereocenters. The fourth-order valence-electron chi connectivity index (χ4n) is 11.2. The van der Waals surface area contributed by atoms with Gasteiger partial charge in [-0.25, -0.2) is 0 Å². The minimum atomic E-state index is -0.0883. The Hall–Kier alpha value is -6.76. The number of hydrogen-bond donors (Lipinski definition) is 0. The number of fused-ring (bicyclic) bond motifs is 7. The molecule has 0 saturated carbocycles. The van der Waals surface area contributed by atoms with E-state index in [-0.39, 0.29) is 21.7 Å². The monoisotopic (exact) mass is 881 g/mol. The molecule has 0 heteroatoms. The molecule has 0 heterocycles. The van der Waals surface area contributed by atoms with Crippen LogP contribution in [0.2, 0.25) is 0 Å². The van der Waals surface area contributed by atoms with Crippen molar-refractivity contribution in [3.8, 4) is 66.8 Å². The molecule has 0 atom stereocenters. The summed E-state index contributed by atoms with van der Waals surface area (Å²) in [6.07, 6.45) is 0. The van der Waals surface area contributed by atoms with Crippen LogP contribution in [0.1, 0.15) is 105 Å². The van der Waals surface area contributed by atoms with E-state index in [1.54, 1.807) is 0 Å². The van der Waals surface area contributed by atoms with Gasteiger partial charge in [-0.2, -0.15) is 0 Å². The summed E-state index contributed by atoms with van der Waals surface area (Å²) in [7, 11) is 0. The summed E-state index contributed by atoms with van der Waals surface area (Å²) in [6.45, 7) is 28.5. The number of rotatable bonds is 4. The van der Waals surface area contributed by atoms with Gasteiger partial charge in [0, 0.05) is 0 Å². The van der Waals surface area contributed by atoms with Crippen molar-refractivity contribution < 1.29 is 0 Å². The molecule has 0 nitrogen and oxygen atoms in total. The maximum Gasteiger partial charge on any atom is -0.000116 e. The van der Waals surface area contributed by atoms with Gasteiger partial charge in [-0.3, -0.25) is 0 Å². The van der Waals surface area contributed by atoms with Crippen molar-refractivity contribution in [1.29, 1.82) is 0 Å². The van der Waals surface area contributed by atoms with E-state index in [1.807, 2.05) is 0 Å². The zero-order chi connectivity index (χ0) is 47.7. The van der Waals surface area contributed by atoms with Gasteiger partial charge in [0.2, 0.25) is 0 Å². The van der Waals surface area contributed by atoms with Gasteiger partial charge in [0.1, 0.15) is 0 Å². The molecule has 10 aromatic rings. The number of hydrogen-bond acceptors (Lipinski definition) is 0. The fourth-order valence-corrected chi connectivity index (χ4v) is 11.2. The third-order valence-corrected chi connectivity index (χ3v) is 14.9. The van der Waals surface area contributed by atoms with Gasteiger partial charge >= 0.3 is 0 Å². The molecule has 68 heavy (non-hydrogen) atoms. The van der Waals surface area contributed by atoms with Gasteiger partial charge in [-0.05, 0) is 160 Å². The molecule has 11 rings (SSSR count). The van der Waals surface area contributed by atoms with Crippen LogP contribution in [0, 0.1) is 0 Å². The first-order chi connectivity index (χ1) is 32.3. The predicted molar refractivity (Wildman–Crippen MR) is 297 cm³/mol. The van der Waals surface area contributed by atoms with E-state index in [1.165, 1.54) is 132 Å². The van der Waals surface area contributed by atoms with Crippen molar-refractivity contribution in [2.75, 3.05) is 0 Å². The molecule has 1 aliphatic carbocycles. The zero-order valence-corrected chi connectivity index (χ0v) is 42.2. The smallest absolute Gasteiger partial charge is 0.000116 e. The molecule has 10 aromatic carbocycles. The van der Waals surface area contributed by atoms with Gasteiger partial charge in [0.05, 0.1) is 0 Å². The molecule has 0 radical (unpaired) electrons. The molecule has 0 N–H and O–H groups in total. The molecular weight excluding hydrogens is 817 g/mol. The third-order valence-electron chi connectivity index (χ3n) is 14.9. The summed E-state index contributed by atoms with van der Waals surface area (Å²) in [5, 5.41) is 10.4. The first-order valence-electron chi connectivity index (χ1n) is 24.8. The van der Waals surface area contributed by atoms with Crippen LogP contribution in [0.25, 0.3) is 110 Å². The lowest BCUT2D eigenvalue weighted by molar-refractivity contribution is 0.568. The van der Waals surface area contributed by atoms with Crippen molar-refractivity contribution in [3.05, 3.63) is 192 Å². The minimum Gasteiger partial charge on any atom is -0.0622 e. The van der Waals surface area contributed by atoms with Crippen LogP contribution in [0.5, 0.6) is 0 Å². The topological polar surface area (TPSA) is 0 Å². The Morgan fingerprint density at radius 3 is 1.03 bits per heavy atom. The largest absolute Gasteiger partial charge is 0.0622 e. The number of benzene rings is 10. The van der Waals surface area contributed by atoms with Crippen LogP contribution in [0.3, 0.4) is 0 Å². The Labute approximate surface area is 404 Å². The average molecular weight is 881 g/mol. The second-order valence-electron chi connectivity index (χ2n) is 23.7. The van der Waals surface area contributed by atoms with Crippen LogP contribution in [0.15, 0.2) is 170 Å². The van der Waals surface area contributed by atoms with Crippen molar-refractivity contribution in [1.82, 2.24) is 0 Å². The van der Waals surface area contributed by atoms with Gasteiger partial charge in [-0.15, -0.1) is 0 Å². The highest BCUT2D eigenvalue weighted by molar-refractivity contribution is 6.36. The molecule has 0 aliphatic heterocycles. The van der Waals surface area contributed by atoms with E-state index in [2.05, 4.69) is 253 Å². The molecule has 0 spiro atoms. The molecule has 0 amide bonds. The predicted octanol–water partition coefficient (Wildman–Crippen LogP) is 19.8. The van der Waals surface area contributed by atoms with Crippen molar-refractivity contribution in [3.63, 3.8) is 0 Å². The van der Waals surface area contributed by atoms with Gasteiger partial charge in [0.15, 0.2) is 0 Å². The summed E-state index contributed by atoms with van der Waals surface area (Å²) in [5.41, 5.74) is 20.5. The average Bonchev–Trinajstić information content (AvgIpc) is 3.63. The summed E-state index contributed by atoms with van der Waals surface area (Å²) in [4.78, 5) is 0. The lowest BCUT2D eigenvalue weighted by Crippen LogP contribution is -2.17. The quantitative estimate of drug-likeness (QED) is 0.122. The molecule has 0 bridgehead atoms. The highest BCUT2D eigenvalue weighted by Gasteiger charge is 2.36. The highest BCUT2D eigenvalue weighted by Crippen LogP contribution is 2.62. The Kier molecular flexibility index (Phi) is 9.90. The Balaban J connectivity index is 1.53. The van der Waals surface area contributed by atoms with Crippen molar-refractivity contribution >= 4 is 43.1 Å². The van der Waals surface area contributed by atoms with E-state index in [0.29, 0.717) is 0 Å². The zero-order valence-electron chi connectivity index (χ0n) is 42.2. The van der Waals surface area contributed by atoms with E-state index < -0.39 is 0 Å². The molecule has 0 saturated heterocycles. The maximum atomic E-state index is 2.55. The highest BCUT2D eigenvalue weighted by atomic mass is 14.4. The summed E-state index contributed by atoms with van der Waals surface area (Å²) < 4.78 is 0. The van der Waals surface area contributed by atoms with Crippen molar-refractivity contribution in [2.24, 2.45) is 0 Å². The van der Waals surface area contributed by atoms with Crippen LogP contribution in [-0.4, -0.2) is 0 Å². The molecule has 0 fully saturated rings. The summed E-state index contributed by atoms with van der Waals surface area (Å²) >= 11 is 0. The van der Waals surface area contributed by atoms with E-state index >= 15 is 0 Å². The van der Waals surface area contributed by atoms with Crippen LogP contribution < -0.4 is 0 Å². The van der Waals surface area contributed by atoms with Crippen molar-refractivity contribution in [2.45, 2.75) is 105 Å². The lowest BCUT2D eigenvalue weighted by atomic mass is 9.73. The minimum absolute atomic E-state index is 0.0868. The molecule has 1 aliphatic rings. The third kappa shape index (κ3) is 7.02. The first-order valence-corrected chi connectivity index (χ1v) is 24.8. The van der Waals surface area contributed by atoms with Crippen LogP contribution in [0.4, 0.5) is 0 Å². The fraction of sp³-hybridized carbons (Fsp3) is 0.235. The Bertz CT molecular complexity index is 3600. The van der Waals surface area contributed by atoms with Gasteiger partial charge in [-0.1, -0.05) is 247 Å². The summed E-state index contributed by atoms with van der Waals surface area (Å²) in [5.74, 6) is 0. The molecule has 0 aromatic heterocycles. The maximum absolute atomic E-state index is 2.55. The second-order valence-corrected chi connectivity index (χ2v) is 23.7. The molecule has 336 valence electrons. The van der Waals surface area contributed by atoms with Crippen LogP contribution in [-0.2, 0) is 21.7 Å². The van der Waals surface area contributed by atoms with Crippen LogP contribution >= 0.6 is 0 Å². The first kappa shape index (κ1) is 43.8. The lowest BCUT2D eigenvalue weighted by Gasteiger charge is -2.30. The van der Waals surface area contributed by atoms with Gasteiger partial charge < -0.3 is 0 Å². The van der Waals surface area contributed by atoms with E-state index in [0.717, 1.165) is 0 Å². The van der Waals surface area contributed by atoms with Gasteiger partial charge in [0.25, 0.3) is 0 Å². The van der Waals surface area contributed by atoms with E-state index in [4.69, 9.17) is 0 Å². The van der Waals surface area contributed by atoms with E-state index in [9.17, 15) is 0 Å². The standard InChI is InChI=1S/C68H64/c1-65(2,3)46-34-44(35-47(39-46)66(4,5)6)58-61-54-33-23-32-51-50-29-20-19-28-43(50)38-55(60(51)54)62(61)59(45-36-48(67(7,8)9)40-49(37-45)68(10,11)12)64-57(42-26-17-14-18-27-42)53-31-22-21-30-52(53)56(63(58)64)41-24-15-13-16-25-41/h13-40H,1-12H3. The second kappa shape index (κ2) is 15.4. The molecular formula is C68H64. The SMILES string of the molecule is CC(C)(C)c1cc(-c2c3c(c(-c4cc(C(C)(C)C)cc(C(C)(C)C)c4)c4c(-c5ccccc5)c5ccccc5c(-c5ccccc5)c24)-c2cc4ccccc4c4cccc-3c24)cc(C(C)(C)C)c1. The Morgan fingerprint density at radius 1 is 0.235 bits per heavy atom. The Morgan fingerprint density at radius 2 is 0.603 bits per heavy atom.